The molecule has 0 aromatic heterocycles. The van der Waals surface area contributed by atoms with Gasteiger partial charge in [0.25, 0.3) is 5.91 Å². The SMILES string of the molecule is Cc1cccc(C(=O)NCC2CCC(N)CC2)c1. The molecule has 1 aromatic carbocycles. The van der Waals surface area contributed by atoms with Gasteiger partial charge >= 0.3 is 0 Å². The lowest BCUT2D eigenvalue weighted by Crippen LogP contribution is -2.34. The predicted octanol–water partition coefficient (Wildman–Crippen LogP) is 2.24. The maximum Gasteiger partial charge on any atom is 0.251 e. The molecule has 3 nitrogen and oxygen atoms in total. The molecule has 1 fully saturated rings. The van der Waals surface area contributed by atoms with E-state index >= 15 is 0 Å². The Bertz CT molecular complexity index is 409. The maximum atomic E-state index is 12.0. The molecule has 0 bridgehead atoms. The average Bonchev–Trinajstić information content (AvgIpc) is 2.38. The van der Waals surface area contributed by atoms with Crippen LogP contribution in [0.15, 0.2) is 24.3 Å². The molecule has 0 spiro atoms. The molecule has 0 radical (unpaired) electrons. The fraction of sp³-hybridized carbons (Fsp3) is 0.533. The molecule has 3 N–H and O–H groups in total. The van der Waals surface area contributed by atoms with Gasteiger partial charge in [-0.3, -0.25) is 4.79 Å². The molecule has 98 valence electrons. The van der Waals surface area contributed by atoms with Crippen LogP contribution in [-0.2, 0) is 0 Å². The Balaban J connectivity index is 1.81. The second kappa shape index (κ2) is 6.01. The number of hydrogen-bond acceptors (Lipinski definition) is 2. The fourth-order valence-electron chi connectivity index (χ4n) is 2.52. The van der Waals surface area contributed by atoms with E-state index in [1.54, 1.807) is 0 Å². The molecule has 18 heavy (non-hydrogen) atoms. The van der Waals surface area contributed by atoms with Gasteiger partial charge in [-0.05, 0) is 50.7 Å². The van der Waals surface area contributed by atoms with Gasteiger partial charge < -0.3 is 11.1 Å². The summed E-state index contributed by atoms with van der Waals surface area (Å²) >= 11 is 0. The summed E-state index contributed by atoms with van der Waals surface area (Å²) in [5.41, 5.74) is 7.74. The quantitative estimate of drug-likeness (QED) is 0.859. The molecule has 0 heterocycles. The van der Waals surface area contributed by atoms with E-state index in [1.165, 1.54) is 0 Å². The van der Waals surface area contributed by atoms with E-state index in [9.17, 15) is 4.79 Å². The van der Waals surface area contributed by atoms with Crippen molar-refractivity contribution < 1.29 is 4.79 Å². The molecule has 3 heteroatoms. The van der Waals surface area contributed by atoms with Crippen LogP contribution in [-0.4, -0.2) is 18.5 Å². The summed E-state index contributed by atoms with van der Waals surface area (Å²) in [7, 11) is 0. The van der Waals surface area contributed by atoms with Gasteiger partial charge in [0.15, 0.2) is 0 Å². The Morgan fingerprint density at radius 1 is 1.33 bits per heavy atom. The number of rotatable bonds is 3. The molecule has 2 rings (SSSR count). The zero-order valence-corrected chi connectivity index (χ0v) is 11.0. The van der Waals surface area contributed by atoms with Crippen molar-refractivity contribution in [2.24, 2.45) is 11.7 Å². The molecular weight excluding hydrogens is 224 g/mol. The van der Waals surface area contributed by atoms with Crippen molar-refractivity contribution in [3.05, 3.63) is 35.4 Å². The van der Waals surface area contributed by atoms with Crippen molar-refractivity contribution in [1.29, 1.82) is 0 Å². The van der Waals surface area contributed by atoms with E-state index in [1.807, 2.05) is 31.2 Å². The number of hydrogen-bond donors (Lipinski definition) is 2. The van der Waals surface area contributed by atoms with Gasteiger partial charge in [-0.25, -0.2) is 0 Å². The fourth-order valence-corrected chi connectivity index (χ4v) is 2.52. The molecule has 0 saturated heterocycles. The Kier molecular flexibility index (Phi) is 4.37. The lowest BCUT2D eigenvalue weighted by molar-refractivity contribution is 0.0943. The van der Waals surface area contributed by atoms with Gasteiger partial charge in [0.2, 0.25) is 0 Å². The lowest BCUT2D eigenvalue weighted by Gasteiger charge is -2.26. The highest BCUT2D eigenvalue weighted by Gasteiger charge is 2.19. The first-order chi connectivity index (χ1) is 8.65. The third kappa shape index (κ3) is 3.57. The zero-order chi connectivity index (χ0) is 13.0. The minimum absolute atomic E-state index is 0.0357. The van der Waals surface area contributed by atoms with E-state index in [0.29, 0.717) is 12.0 Å². The average molecular weight is 246 g/mol. The first-order valence-electron chi connectivity index (χ1n) is 6.75. The van der Waals surface area contributed by atoms with Crippen LogP contribution < -0.4 is 11.1 Å². The summed E-state index contributed by atoms with van der Waals surface area (Å²) in [6, 6.07) is 8.07. The highest BCUT2D eigenvalue weighted by Crippen LogP contribution is 2.22. The van der Waals surface area contributed by atoms with Crippen LogP contribution in [0.5, 0.6) is 0 Å². The molecule has 1 aliphatic rings. The van der Waals surface area contributed by atoms with Crippen molar-refractivity contribution in [3.63, 3.8) is 0 Å². The van der Waals surface area contributed by atoms with Crippen LogP contribution in [0.1, 0.15) is 41.6 Å². The van der Waals surface area contributed by atoms with Gasteiger partial charge in [0.1, 0.15) is 0 Å². The highest BCUT2D eigenvalue weighted by molar-refractivity contribution is 5.94. The minimum atomic E-state index is 0.0357. The predicted molar refractivity (Wildman–Crippen MR) is 73.4 cm³/mol. The summed E-state index contributed by atoms with van der Waals surface area (Å²) < 4.78 is 0. The molecule has 1 amide bonds. The monoisotopic (exact) mass is 246 g/mol. The number of benzene rings is 1. The third-order valence-corrected chi connectivity index (χ3v) is 3.72. The zero-order valence-electron chi connectivity index (χ0n) is 11.0. The van der Waals surface area contributed by atoms with E-state index in [0.717, 1.165) is 43.4 Å². The van der Waals surface area contributed by atoms with E-state index in [4.69, 9.17) is 5.73 Å². The van der Waals surface area contributed by atoms with E-state index < -0.39 is 0 Å². The number of nitrogens with one attached hydrogen (secondary N) is 1. The summed E-state index contributed by atoms with van der Waals surface area (Å²) in [5.74, 6) is 0.632. The van der Waals surface area contributed by atoms with Gasteiger partial charge in [-0.1, -0.05) is 17.7 Å². The number of carbonyl (C=O) groups excluding carboxylic acids is 1. The normalized spacial score (nSPS) is 23.7. The Morgan fingerprint density at radius 2 is 2.06 bits per heavy atom. The van der Waals surface area contributed by atoms with Crippen molar-refractivity contribution in [2.75, 3.05) is 6.54 Å². The topological polar surface area (TPSA) is 55.1 Å². The molecule has 0 atom stereocenters. The van der Waals surface area contributed by atoms with Crippen LogP contribution in [0.2, 0.25) is 0 Å². The molecule has 1 saturated carbocycles. The highest BCUT2D eigenvalue weighted by atomic mass is 16.1. The van der Waals surface area contributed by atoms with Crippen LogP contribution in [0.25, 0.3) is 0 Å². The third-order valence-electron chi connectivity index (χ3n) is 3.72. The van der Waals surface area contributed by atoms with Crippen LogP contribution in [0.4, 0.5) is 0 Å². The van der Waals surface area contributed by atoms with Crippen molar-refractivity contribution in [1.82, 2.24) is 5.32 Å². The molecule has 1 aromatic rings. The minimum Gasteiger partial charge on any atom is -0.352 e. The smallest absolute Gasteiger partial charge is 0.251 e. The molecule has 0 aliphatic heterocycles. The largest absolute Gasteiger partial charge is 0.352 e. The maximum absolute atomic E-state index is 12.0. The second-order valence-corrected chi connectivity index (χ2v) is 5.36. The Labute approximate surface area is 109 Å². The number of carbonyl (C=O) groups is 1. The Morgan fingerprint density at radius 3 is 2.72 bits per heavy atom. The number of aryl methyl sites for hydroxylation is 1. The molecular formula is C15H22N2O. The van der Waals surface area contributed by atoms with Crippen LogP contribution in [0, 0.1) is 12.8 Å². The number of nitrogens with two attached hydrogens (primary N) is 1. The Hall–Kier alpha value is -1.35. The first-order valence-corrected chi connectivity index (χ1v) is 6.75. The summed E-state index contributed by atoms with van der Waals surface area (Å²) in [6.45, 7) is 2.78. The van der Waals surface area contributed by atoms with Crippen molar-refractivity contribution in [3.8, 4) is 0 Å². The molecule has 0 unspecified atom stereocenters. The summed E-state index contributed by atoms with van der Waals surface area (Å²) in [6.07, 6.45) is 4.44. The summed E-state index contributed by atoms with van der Waals surface area (Å²) in [5, 5.41) is 3.03. The first kappa shape index (κ1) is 13.1. The van der Waals surface area contributed by atoms with Crippen molar-refractivity contribution >= 4 is 5.91 Å². The number of amides is 1. The lowest BCUT2D eigenvalue weighted by atomic mass is 9.86. The van der Waals surface area contributed by atoms with Crippen LogP contribution in [0.3, 0.4) is 0 Å². The standard InChI is InChI=1S/C15H22N2O/c1-11-3-2-4-13(9-11)15(18)17-10-12-5-7-14(16)8-6-12/h2-4,9,12,14H,5-8,10,16H2,1H3,(H,17,18). The van der Waals surface area contributed by atoms with Gasteiger partial charge in [0, 0.05) is 18.2 Å². The van der Waals surface area contributed by atoms with Gasteiger partial charge in [-0.15, -0.1) is 0 Å². The van der Waals surface area contributed by atoms with E-state index in [-0.39, 0.29) is 5.91 Å². The van der Waals surface area contributed by atoms with Gasteiger partial charge in [-0.2, -0.15) is 0 Å². The second-order valence-electron chi connectivity index (χ2n) is 5.36. The molecule has 1 aliphatic carbocycles. The summed E-state index contributed by atoms with van der Waals surface area (Å²) in [4.78, 5) is 12.0. The van der Waals surface area contributed by atoms with E-state index in [2.05, 4.69) is 5.32 Å². The van der Waals surface area contributed by atoms with Crippen LogP contribution >= 0.6 is 0 Å². The van der Waals surface area contributed by atoms with Gasteiger partial charge in [0.05, 0.1) is 0 Å². The van der Waals surface area contributed by atoms with Crippen molar-refractivity contribution in [2.45, 2.75) is 38.6 Å².